The van der Waals surface area contributed by atoms with Crippen LogP contribution in [0.3, 0.4) is 0 Å². The highest BCUT2D eigenvalue weighted by molar-refractivity contribution is 14.0. The summed E-state index contributed by atoms with van der Waals surface area (Å²) in [6.07, 6.45) is 2.00. The summed E-state index contributed by atoms with van der Waals surface area (Å²) >= 11 is 1.72. The normalized spacial score (nSPS) is 12.3. The van der Waals surface area contributed by atoms with Crippen molar-refractivity contribution < 1.29 is 5.11 Å². The summed E-state index contributed by atoms with van der Waals surface area (Å²) < 4.78 is 0. The quantitative estimate of drug-likeness (QED) is 0.287. The van der Waals surface area contributed by atoms with Gasteiger partial charge < -0.3 is 15.7 Å². The van der Waals surface area contributed by atoms with Crippen molar-refractivity contribution in [3.8, 4) is 0 Å². The van der Waals surface area contributed by atoms with Crippen molar-refractivity contribution in [2.45, 2.75) is 39.2 Å². The van der Waals surface area contributed by atoms with Crippen molar-refractivity contribution in [2.24, 2.45) is 4.99 Å². The van der Waals surface area contributed by atoms with Gasteiger partial charge in [0.1, 0.15) is 0 Å². The number of benzene rings is 1. The molecule has 0 bridgehead atoms. The van der Waals surface area contributed by atoms with Crippen molar-refractivity contribution in [1.82, 2.24) is 15.6 Å². The molecule has 7 heteroatoms. The molecule has 0 aliphatic carbocycles. The van der Waals surface area contributed by atoms with Gasteiger partial charge in [-0.3, -0.25) is 4.99 Å². The highest BCUT2D eigenvalue weighted by atomic mass is 127. The number of aromatic nitrogens is 1. The maximum Gasteiger partial charge on any atom is 0.191 e. The van der Waals surface area contributed by atoms with Crippen LogP contribution in [0.4, 0.5) is 0 Å². The van der Waals surface area contributed by atoms with Crippen molar-refractivity contribution in [1.29, 1.82) is 0 Å². The minimum absolute atomic E-state index is 0. The number of guanidine groups is 1. The smallest absolute Gasteiger partial charge is 0.191 e. The molecule has 5 nitrogen and oxygen atoms in total. The van der Waals surface area contributed by atoms with Gasteiger partial charge in [0.25, 0.3) is 0 Å². The van der Waals surface area contributed by atoms with E-state index in [2.05, 4.69) is 32.9 Å². The Morgan fingerprint density at radius 3 is 2.65 bits per heavy atom. The van der Waals surface area contributed by atoms with E-state index in [-0.39, 0.29) is 24.0 Å². The number of hydrogen-bond acceptors (Lipinski definition) is 4. The van der Waals surface area contributed by atoms with Crippen LogP contribution in [0.25, 0.3) is 0 Å². The Balaban J connectivity index is 0.00000338. The zero-order valence-corrected chi connectivity index (χ0v) is 18.6. The van der Waals surface area contributed by atoms with E-state index in [1.807, 2.05) is 37.3 Å². The predicted octanol–water partition coefficient (Wildman–Crippen LogP) is 3.54. The molecule has 3 N–H and O–H groups in total. The molecular weight excluding hydrogens is 459 g/mol. The fourth-order valence-electron chi connectivity index (χ4n) is 2.42. The summed E-state index contributed by atoms with van der Waals surface area (Å²) in [5, 5.41) is 20.1. The molecule has 0 amide bonds. The molecular formula is C19H29IN4OS. The fraction of sp³-hybridized carbons (Fsp3) is 0.474. The molecule has 0 saturated carbocycles. The molecule has 1 atom stereocenters. The first-order chi connectivity index (χ1) is 12.2. The summed E-state index contributed by atoms with van der Waals surface area (Å²) in [6, 6.07) is 9.71. The van der Waals surface area contributed by atoms with E-state index in [4.69, 9.17) is 0 Å². The lowest BCUT2D eigenvalue weighted by molar-refractivity contribution is 0.170. The second-order valence-corrected chi connectivity index (χ2v) is 6.68. The van der Waals surface area contributed by atoms with E-state index in [0.29, 0.717) is 13.0 Å². The Kier molecular flexibility index (Phi) is 11.5. The van der Waals surface area contributed by atoms with E-state index >= 15 is 0 Å². The van der Waals surface area contributed by atoms with Crippen LogP contribution in [0.1, 0.15) is 42.6 Å². The first-order valence-electron chi connectivity index (χ1n) is 8.91. The topological polar surface area (TPSA) is 69.5 Å². The Morgan fingerprint density at radius 2 is 2.00 bits per heavy atom. The van der Waals surface area contributed by atoms with Crippen LogP contribution in [0.2, 0.25) is 0 Å². The lowest BCUT2D eigenvalue weighted by Crippen LogP contribution is -2.38. The molecule has 1 aromatic heterocycles. The second-order valence-electron chi connectivity index (χ2n) is 5.74. The number of thiazole rings is 1. The van der Waals surface area contributed by atoms with E-state index in [0.717, 1.165) is 43.1 Å². The zero-order chi connectivity index (χ0) is 17.9. The third-order valence-electron chi connectivity index (χ3n) is 3.78. The molecule has 2 rings (SSSR count). The number of rotatable bonds is 9. The maximum atomic E-state index is 10.2. The number of hydrogen-bond donors (Lipinski definition) is 3. The van der Waals surface area contributed by atoms with Crippen LogP contribution in [-0.2, 0) is 12.8 Å². The maximum absolute atomic E-state index is 10.2. The summed E-state index contributed by atoms with van der Waals surface area (Å²) in [5.41, 5.74) is 2.07. The van der Waals surface area contributed by atoms with E-state index in [1.165, 1.54) is 5.01 Å². The van der Waals surface area contributed by atoms with E-state index < -0.39 is 6.10 Å². The third-order valence-corrected chi connectivity index (χ3v) is 4.82. The van der Waals surface area contributed by atoms with Crippen LogP contribution in [0.15, 0.2) is 40.7 Å². The zero-order valence-electron chi connectivity index (χ0n) is 15.4. The van der Waals surface area contributed by atoms with Crippen molar-refractivity contribution in [3.63, 3.8) is 0 Å². The predicted molar refractivity (Wildman–Crippen MR) is 121 cm³/mol. The van der Waals surface area contributed by atoms with Crippen molar-refractivity contribution in [2.75, 3.05) is 19.6 Å². The summed E-state index contributed by atoms with van der Waals surface area (Å²) in [6.45, 7) is 6.34. The Morgan fingerprint density at radius 1 is 1.23 bits per heavy atom. The Labute approximate surface area is 177 Å². The van der Waals surface area contributed by atoms with Gasteiger partial charge in [0.05, 0.1) is 16.8 Å². The molecule has 26 heavy (non-hydrogen) atoms. The number of nitrogens with zero attached hydrogens (tertiary/aromatic N) is 2. The van der Waals surface area contributed by atoms with Crippen LogP contribution in [0.5, 0.6) is 0 Å². The van der Waals surface area contributed by atoms with Crippen molar-refractivity contribution >= 4 is 41.3 Å². The van der Waals surface area contributed by atoms with Crippen LogP contribution in [-0.4, -0.2) is 35.7 Å². The summed E-state index contributed by atoms with van der Waals surface area (Å²) in [5.74, 6) is 0.786. The molecule has 1 unspecified atom stereocenters. The second kappa shape index (κ2) is 13.1. The largest absolute Gasteiger partial charge is 0.388 e. The average molecular weight is 488 g/mol. The first kappa shape index (κ1) is 22.9. The highest BCUT2D eigenvalue weighted by Crippen LogP contribution is 2.15. The van der Waals surface area contributed by atoms with E-state index in [1.54, 1.807) is 11.3 Å². The van der Waals surface area contributed by atoms with Gasteiger partial charge in [0, 0.05) is 31.4 Å². The van der Waals surface area contributed by atoms with Gasteiger partial charge in [-0.05, 0) is 25.3 Å². The summed E-state index contributed by atoms with van der Waals surface area (Å²) in [4.78, 5) is 9.12. The number of halogens is 1. The molecule has 0 spiro atoms. The lowest BCUT2D eigenvalue weighted by atomic mass is 10.1. The van der Waals surface area contributed by atoms with Gasteiger partial charge >= 0.3 is 0 Å². The minimum atomic E-state index is -0.477. The molecule has 0 radical (unpaired) electrons. The minimum Gasteiger partial charge on any atom is -0.388 e. The fourth-order valence-corrected chi connectivity index (χ4v) is 3.20. The first-order valence-corrected chi connectivity index (χ1v) is 9.79. The molecule has 0 aliphatic heterocycles. The lowest BCUT2D eigenvalue weighted by Gasteiger charge is -2.12. The van der Waals surface area contributed by atoms with Gasteiger partial charge in [-0.2, -0.15) is 0 Å². The molecule has 1 aromatic carbocycles. The molecule has 0 fully saturated rings. The Hall–Kier alpha value is -1.19. The molecule has 144 valence electrons. The van der Waals surface area contributed by atoms with Gasteiger partial charge in [-0.25, -0.2) is 4.98 Å². The standard InChI is InChI=1S/C19H28N4OS.HI/c1-3-18-23-16(14-25-18)10-12-21-19(20-4-2)22-13-11-17(24)15-8-6-5-7-9-15;/h5-9,14,17,24H,3-4,10-13H2,1-2H3,(H2,20,21,22);1H. The number of aliphatic imine (C=N–C) groups is 1. The van der Waals surface area contributed by atoms with Crippen LogP contribution < -0.4 is 10.6 Å². The van der Waals surface area contributed by atoms with E-state index in [9.17, 15) is 5.11 Å². The van der Waals surface area contributed by atoms with Gasteiger partial charge in [0.2, 0.25) is 0 Å². The molecule has 1 heterocycles. The Bertz CT molecular complexity index is 648. The number of nitrogens with one attached hydrogen (secondary N) is 2. The van der Waals surface area contributed by atoms with Crippen LogP contribution in [0, 0.1) is 0 Å². The summed E-state index contributed by atoms with van der Waals surface area (Å²) in [7, 11) is 0. The van der Waals surface area contributed by atoms with Crippen LogP contribution >= 0.6 is 35.3 Å². The van der Waals surface area contributed by atoms with Crippen molar-refractivity contribution in [3.05, 3.63) is 52.0 Å². The molecule has 0 saturated heterocycles. The third kappa shape index (κ3) is 8.01. The van der Waals surface area contributed by atoms with Gasteiger partial charge in [0.15, 0.2) is 5.96 Å². The average Bonchev–Trinajstić information content (AvgIpc) is 3.10. The number of aliphatic hydroxyl groups is 1. The van der Waals surface area contributed by atoms with Gasteiger partial charge in [-0.15, -0.1) is 35.3 Å². The number of aryl methyl sites for hydroxylation is 1. The monoisotopic (exact) mass is 488 g/mol. The SMILES string of the molecule is CCNC(=NCCC(O)c1ccccc1)NCCc1csc(CC)n1.I. The highest BCUT2D eigenvalue weighted by Gasteiger charge is 2.06. The van der Waals surface area contributed by atoms with Gasteiger partial charge in [-0.1, -0.05) is 37.3 Å². The molecule has 2 aromatic rings. The molecule has 0 aliphatic rings. The number of aliphatic hydroxyl groups excluding tert-OH is 1.